The van der Waals surface area contributed by atoms with Gasteiger partial charge in [0.05, 0.1) is 17.1 Å². The number of nitrogens with zero attached hydrogens (tertiary/aromatic N) is 4. The molecule has 0 aliphatic heterocycles. The van der Waals surface area contributed by atoms with Crippen LogP contribution in [0.3, 0.4) is 0 Å². The molecule has 4 rings (SSSR count). The Morgan fingerprint density at radius 3 is 2.74 bits per heavy atom. The second-order valence-electron chi connectivity index (χ2n) is 6.10. The molecular formula is C20H18N6O. The summed E-state index contributed by atoms with van der Waals surface area (Å²) in [5, 5.41) is 5.96. The summed E-state index contributed by atoms with van der Waals surface area (Å²) < 4.78 is 1.89. The molecule has 2 aromatic carbocycles. The quantitative estimate of drug-likeness (QED) is 0.515. The summed E-state index contributed by atoms with van der Waals surface area (Å²) >= 11 is 0. The number of imidazole rings is 1. The minimum atomic E-state index is 0.0814. The van der Waals surface area contributed by atoms with Crippen molar-refractivity contribution in [2.24, 2.45) is 0 Å². The van der Waals surface area contributed by atoms with Gasteiger partial charge in [0, 0.05) is 11.9 Å². The van der Waals surface area contributed by atoms with Crippen LogP contribution in [0.2, 0.25) is 0 Å². The third kappa shape index (κ3) is 3.48. The Kier molecular flexibility index (Phi) is 4.49. The van der Waals surface area contributed by atoms with Crippen LogP contribution in [0.25, 0.3) is 16.9 Å². The zero-order valence-electron chi connectivity index (χ0n) is 14.7. The fraction of sp³-hybridized carbons (Fsp3) is 0.100. The molecule has 4 aromatic rings. The highest BCUT2D eigenvalue weighted by Crippen LogP contribution is 2.22. The number of carbonyl (C=O) groups is 1. The van der Waals surface area contributed by atoms with Crippen LogP contribution in [-0.4, -0.2) is 25.9 Å². The largest absolute Gasteiger partial charge is 0.348 e. The Morgan fingerprint density at radius 1 is 1.07 bits per heavy atom. The van der Waals surface area contributed by atoms with Gasteiger partial charge in [-0.1, -0.05) is 30.3 Å². The predicted molar refractivity (Wildman–Crippen MR) is 105 cm³/mol. The van der Waals surface area contributed by atoms with Crippen molar-refractivity contribution in [1.29, 1.82) is 0 Å². The Bertz CT molecular complexity index is 1080. The van der Waals surface area contributed by atoms with Crippen molar-refractivity contribution in [2.75, 3.05) is 10.6 Å². The van der Waals surface area contributed by atoms with E-state index in [0.29, 0.717) is 23.9 Å². The smallest absolute Gasteiger partial charge is 0.225 e. The monoisotopic (exact) mass is 358 g/mol. The lowest BCUT2D eigenvalue weighted by molar-refractivity contribution is -0.105. The van der Waals surface area contributed by atoms with Crippen molar-refractivity contribution in [2.45, 2.75) is 13.0 Å². The lowest BCUT2D eigenvalue weighted by Crippen LogP contribution is -2.10. The molecule has 2 N–H and O–H groups in total. The Morgan fingerprint density at radius 2 is 1.93 bits per heavy atom. The number of rotatable bonds is 6. The van der Waals surface area contributed by atoms with Crippen LogP contribution in [-0.2, 0) is 4.79 Å². The molecule has 0 saturated heterocycles. The van der Waals surface area contributed by atoms with Gasteiger partial charge < -0.3 is 10.6 Å². The SMILES string of the molecule is C[C@H](Nc1nccc(-n2cnc3cc(NC=O)ccc32)n1)c1ccccc1. The maximum absolute atomic E-state index is 10.6. The zero-order valence-corrected chi connectivity index (χ0v) is 14.7. The van der Waals surface area contributed by atoms with Crippen LogP contribution in [0.1, 0.15) is 18.5 Å². The van der Waals surface area contributed by atoms with E-state index < -0.39 is 0 Å². The van der Waals surface area contributed by atoms with Crippen molar-refractivity contribution in [3.63, 3.8) is 0 Å². The first kappa shape index (κ1) is 16.7. The molecule has 7 heteroatoms. The number of anilines is 2. The normalized spacial score (nSPS) is 11.9. The van der Waals surface area contributed by atoms with Gasteiger partial charge in [-0.3, -0.25) is 9.36 Å². The van der Waals surface area contributed by atoms with Gasteiger partial charge in [0.2, 0.25) is 12.4 Å². The molecule has 0 saturated carbocycles. The highest BCUT2D eigenvalue weighted by Gasteiger charge is 2.10. The Hall–Kier alpha value is -3.74. The summed E-state index contributed by atoms with van der Waals surface area (Å²) in [5.41, 5.74) is 3.53. The molecule has 0 fully saturated rings. The summed E-state index contributed by atoms with van der Waals surface area (Å²) in [5.74, 6) is 1.26. The summed E-state index contributed by atoms with van der Waals surface area (Å²) in [6.45, 7) is 2.07. The topological polar surface area (TPSA) is 84.7 Å². The van der Waals surface area contributed by atoms with Gasteiger partial charge in [-0.2, -0.15) is 4.98 Å². The maximum atomic E-state index is 10.6. The number of hydrogen-bond donors (Lipinski definition) is 2. The summed E-state index contributed by atoms with van der Waals surface area (Å²) in [6, 6.07) is 17.6. The van der Waals surface area contributed by atoms with Gasteiger partial charge in [0.25, 0.3) is 0 Å². The van der Waals surface area contributed by atoms with Crippen LogP contribution in [0.5, 0.6) is 0 Å². The van der Waals surface area contributed by atoms with Crippen LogP contribution >= 0.6 is 0 Å². The molecule has 27 heavy (non-hydrogen) atoms. The van der Waals surface area contributed by atoms with Crippen LogP contribution in [0.15, 0.2) is 67.1 Å². The molecule has 0 aliphatic carbocycles. The third-order valence-electron chi connectivity index (χ3n) is 4.31. The lowest BCUT2D eigenvalue weighted by atomic mass is 10.1. The highest BCUT2D eigenvalue weighted by molar-refractivity contribution is 5.84. The number of benzene rings is 2. The number of fused-ring (bicyclic) bond motifs is 1. The first-order valence-corrected chi connectivity index (χ1v) is 8.57. The maximum Gasteiger partial charge on any atom is 0.225 e. The lowest BCUT2D eigenvalue weighted by Gasteiger charge is -2.14. The van der Waals surface area contributed by atoms with Crippen molar-refractivity contribution in [3.8, 4) is 5.82 Å². The minimum absolute atomic E-state index is 0.0814. The summed E-state index contributed by atoms with van der Waals surface area (Å²) in [4.78, 5) is 24.0. The second-order valence-corrected chi connectivity index (χ2v) is 6.10. The van der Waals surface area contributed by atoms with Crippen molar-refractivity contribution in [3.05, 3.63) is 72.7 Å². The molecule has 0 radical (unpaired) electrons. The molecule has 134 valence electrons. The summed E-state index contributed by atoms with van der Waals surface area (Å²) in [7, 11) is 0. The number of nitrogens with one attached hydrogen (secondary N) is 2. The van der Waals surface area contributed by atoms with Crippen molar-refractivity contribution >= 4 is 29.1 Å². The Labute approximate surface area is 156 Å². The van der Waals surface area contributed by atoms with E-state index in [1.165, 1.54) is 0 Å². The molecule has 7 nitrogen and oxygen atoms in total. The molecule has 0 unspecified atom stereocenters. The van der Waals surface area contributed by atoms with Gasteiger partial charge >= 0.3 is 0 Å². The molecule has 2 aromatic heterocycles. The first-order valence-electron chi connectivity index (χ1n) is 8.57. The van der Waals surface area contributed by atoms with E-state index in [1.54, 1.807) is 12.5 Å². The first-order chi connectivity index (χ1) is 13.2. The van der Waals surface area contributed by atoms with Crippen molar-refractivity contribution < 1.29 is 4.79 Å². The molecule has 0 bridgehead atoms. The third-order valence-corrected chi connectivity index (χ3v) is 4.31. The van der Waals surface area contributed by atoms with Gasteiger partial charge in [-0.05, 0) is 36.8 Å². The van der Waals surface area contributed by atoms with Crippen molar-refractivity contribution in [1.82, 2.24) is 19.5 Å². The average molecular weight is 358 g/mol. The number of amides is 1. The molecule has 2 heterocycles. The van der Waals surface area contributed by atoms with E-state index in [0.717, 1.165) is 16.6 Å². The fourth-order valence-corrected chi connectivity index (χ4v) is 2.92. The molecule has 0 aliphatic rings. The molecule has 1 amide bonds. The number of hydrogen-bond acceptors (Lipinski definition) is 5. The van der Waals surface area contributed by atoms with E-state index >= 15 is 0 Å². The number of aromatic nitrogens is 4. The van der Waals surface area contributed by atoms with Crippen LogP contribution < -0.4 is 10.6 Å². The zero-order chi connectivity index (χ0) is 18.6. The Balaban J connectivity index is 1.62. The number of carbonyl (C=O) groups excluding carboxylic acids is 1. The van der Waals surface area contributed by atoms with Gasteiger partial charge in [-0.15, -0.1) is 0 Å². The van der Waals surface area contributed by atoms with E-state index in [-0.39, 0.29) is 6.04 Å². The van der Waals surface area contributed by atoms with Gasteiger partial charge in [-0.25, -0.2) is 9.97 Å². The van der Waals surface area contributed by atoms with Gasteiger partial charge in [0.15, 0.2) is 0 Å². The minimum Gasteiger partial charge on any atom is -0.348 e. The average Bonchev–Trinajstić information content (AvgIpc) is 3.12. The molecule has 0 spiro atoms. The van der Waals surface area contributed by atoms with E-state index in [4.69, 9.17) is 0 Å². The van der Waals surface area contributed by atoms with E-state index in [2.05, 4.69) is 44.6 Å². The van der Waals surface area contributed by atoms with Crippen LogP contribution in [0, 0.1) is 0 Å². The second kappa shape index (κ2) is 7.25. The highest BCUT2D eigenvalue weighted by atomic mass is 16.1. The summed E-state index contributed by atoms with van der Waals surface area (Å²) in [6.07, 6.45) is 4.08. The predicted octanol–water partition coefficient (Wildman–Crippen LogP) is 3.56. The standard InChI is InChI=1S/C20H18N6O/c1-14(15-5-3-2-4-6-15)24-20-21-10-9-19(25-20)26-12-22-17-11-16(23-13-27)7-8-18(17)26/h2-14H,1H3,(H,23,27)(H,21,24,25)/t14-/m0/s1. The molecular weight excluding hydrogens is 340 g/mol. The van der Waals surface area contributed by atoms with E-state index in [1.807, 2.05) is 47.0 Å². The van der Waals surface area contributed by atoms with E-state index in [9.17, 15) is 4.79 Å². The van der Waals surface area contributed by atoms with Gasteiger partial charge in [0.1, 0.15) is 12.1 Å². The molecule has 1 atom stereocenters. The fourth-order valence-electron chi connectivity index (χ4n) is 2.92. The van der Waals surface area contributed by atoms with Crippen LogP contribution in [0.4, 0.5) is 11.6 Å².